The van der Waals surface area contributed by atoms with Crippen LogP contribution < -0.4 is 0 Å². The normalized spacial score (nSPS) is 21.2. The summed E-state index contributed by atoms with van der Waals surface area (Å²) < 4.78 is 79.2. The molecule has 0 spiro atoms. The largest absolute Gasteiger partial charge is 0.481 e. The summed E-state index contributed by atoms with van der Waals surface area (Å²) in [6.07, 6.45) is -6.64. The maximum atomic E-state index is 13.2. The lowest BCUT2D eigenvalue weighted by Crippen LogP contribution is -2.48. The number of carboxylic acids is 1. The molecule has 1 aromatic carbocycles. The van der Waals surface area contributed by atoms with Gasteiger partial charge in [-0.15, -0.1) is 0 Å². The number of likely N-dealkylation sites (tertiary alicyclic amines) is 1. The minimum atomic E-state index is -4.50. The molecule has 1 aliphatic rings. The number of hydrogen-bond acceptors (Lipinski definition) is 2. The van der Waals surface area contributed by atoms with Crippen LogP contribution in [0.25, 0.3) is 0 Å². The number of aliphatic carboxylic acids is 1. The van der Waals surface area contributed by atoms with Gasteiger partial charge in [-0.2, -0.15) is 26.3 Å². The molecule has 2 rings (SSSR count). The molecular weight excluding hydrogens is 512 g/mol. The van der Waals surface area contributed by atoms with E-state index >= 15 is 0 Å². The van der Waals surface area contributed by atoms with Crippen molar-refractivity contribution in [2.45, 2.75) is 109 Å². The predicted octanol–water partition coefficient (Wildman–Crippen LogP) is 8.79. The van der Waals surface area contributed by atoms with Gasteiger partial charge < -0.3 is 5.11 Å². The van der Waals surface area contributed by atoms with E-state index in [1.807, 2.05) is 4.90 Å². The highest BCUT2D eigenvalue weighted by Gasteiger charge is 2.44. The van der Waals surface area contributed by atoms with Gasteiger partial charge in [-0.1, -0.05) is 50.7 Å². The molecule has 0 aromatic heterocycles. The first-order valence-electron chi connectivity index (χ1n) is 13.0. The topological polar surface area (TPSA) is 40.5 Å². The minimum Gasteiger partial charge on any atom is -0.481 e. The van der Waals surface area contributed by atoms with Crippen LogP contribution in [-0.4, -0.2) is 42.8 Å². The number of rotatable bonds is 11. The summed E-state index contributed by atoms with van der Waals surface area (Å²) in [5, 5.41) is 9.77. The Morgan fingerprint density at radius 1 is 1.03 bits per heavy atom. The second-order valence-electron chi connectivity index (χ2n) is 12.2. The molecule has 0 aliphatic carbocycles. The third-order valence-corrected chi connectivity index (χ3v) is 9.64. The third-order valence-electron chi connectivity index (χ3n) is 7.78. The van der Waals surface area contributed by atoms with E-state index in [4.69, 9.17) is 0 Å². The van der Waals surface area contributed by atoms with Gasteiger partial charge in [-0.25, -0.2) is 0 Å². The fraction of sp³-hybridized carbons (Fsp3) is 0.741. The molecule has 10 heteroatoms. The molecule has 1 fully saturated rings. The van der Waals surface area contributed by atoms with E-state index in [1.165, 1.54) is 12.1 Å². The highest BCUT2D eigenvalue weighted by Crippen LogP contribution is 2.45. The highest BCUT2D eigenvalue weighted by atomic mass is 28.3. The Hall–Kier alpha value is -1.55. The van der Waals surface area contributed by atoms with Crippen molar-refractivity contribution in [3.8, 4) is 0 Å². The standard InChI is InChI=1S/C27H41F6NO2Si/c1-25(2,24(35)36)21-14-16-34(23(18-21)19-9-11-20(12-10-19)27(31,32)33)22(13-15-26(28,29)30)8-6-7-17-37(3,4)5/h9-12,21-23H,6-8,13-18H2,1-5H3,(H,35,36)/t21-,22-,23+/m1/s1. The molecule has 37 heavy (non-hydrogen) atoms. The van der Waals surface area contributed by atoms with Gasteiger partial charge in [0.15, 0.2) is 0 Å². The number of nitrogens with zero attached hydrogens (tertiary/aromatic N) is 1. The van der Waals surface area contributed by atoms with E-state index in [2.05, 4.69) is 19.6 Å². The molecule has 1 saturated heterocycles. The first-order chi connectivity index (χ1) is 16.8. The summed E-state index contributed by atoms with van der Waals surface area (Å²) in [6.45, 7) is 10.4. The number of halogens is 6. The van der Waals surface area contributed by atoms with Gasteiger partial charge in [0.1, 0.15) is 0 Å². The summed E-state index contributed by atoms with van der Waals surface area (Å²) in [6, 6.07) is 5.02. The Kier molecular flexibility index (Phi) is 10.3. The van der Waals surface area contributed by atoms with Gasteiger partial charge >= 0.3 is 18.3 Å². The molecule has 0 bridgehead atoms. The van der Waals surface area contributed by atoms with Crippen molar-refractivity contribution in [3.63, 3.8) is 0 Å². The summed E-state index contributed by atoms with van der Waals surface area (Å²) in [4.78, 5) is 14.0. The van der Waals surface area contributed by atoms with Crippen molar-refractivity contribution in [2.75, 3.05) is 6.54 Å². The zero-order valence-electron chi connectivity index (χ0n) is 22.5. The Bertz CT molecular complexity index is 877. The summed E-state index contributed by atoms with van der Waals surface area (Å²) >= 11 is 0. The average Bonchev–Trinajstić information content (AvgIpc) is 2.76. The van der Waals surface area contributed by atoms with Gasteiger partial charge in [0.25, 0.3) is 0 Å². The molecule has 1 N–H and O–H groups in total. The summed E-state index contributed by atoms with van der Waals surface area (Å²) in [7, 11) is -1.29. The molecule has 0 amide bonds. The first kappa shape index (κ1) is 31.7. The van der Waals surface area contributed by atoms with E-state index in [0.717, 1.165) is 31.0 Å². The van der Waals surface area contributed by atoms with Gasteiger partial charge in [0, 0.05) is 26.6 Å². The molecule has 3 nitrogen and oxygen atoms in total. The highest BCUT2D eigenvalue weighted by molar-refractivity contribution is 6.76. The number of piperidine rings is 1. The fourth-order valence-corrected chi connectivity index (χ4v) is 6.62. The van der Waals surface area contributed by atoms with Crippen LogP contribution in [0.1, 0.15) is 76.0 Å². The van der Waals surface area contributed by atoms with Crippen molar-refractivity contribution in [3.05, 3.63) is 35.4 Å². The number of hydrogen-bond donors (Lipinski definition) is 1. The zero-order chi connectivity index (χ0) is 28.2. The monoisotopic (exact) mass is 553 g/mol. The van der Waals surface area contributed by atoms with Gasteiger partial charge in [0.2, 0.25) is 0 Å². The van der Waals surface area contributed by atoms with Crippen LogP contribution in [0.3, 0.4) is 0 Å². The van der Waals surface area contributed by atoms with Gasteiger partial charge in [-0.05, 0) is 69.7 Å². The summed E-state index contributed by atoms with van der Waals surface area (Å²) in [5.41, 5.74) is -1.27. The minimum absolute atomic E-state index is 0.0828. The van der Waals surface area contributed by atoms with Crippen LogP contribution in [0.2, 0.25) is 25.7 Å². The van der Waals surface area contributed by atoms with Gasteiger partial charge in [0.05, 0.1) is 11.0 Å². The number of unbranched alkanes of at least 4 members (excludes halogenated alkanes) is 1. The second-order valence-corrected chi connectivity index (χ2v) is 17.9. The Balaban J connectivity index is 2.37. The van der Waals surface area contributed by atoms with Crippen LogP contribution >= 0.6 is 0 Å². The van der Waals surface area contributed by atoms with Crippen LogP contribution in [-0.2, 0) is 11.0 Å². The molecule has 3 atom stereocenters. The quantitative estimate of drug-likeness (QED) is 0.169. The zero-order valence-corrected chi connectivity index (χ0v) is 23.5. The van der Waals surface area contributed by atoms with Crippen LogP contribution in [0.5, 0.6) is 0 Å². The van der Waals surface area contributed by atoms with E-state index in [-0.39, 0.29) is 18.4 Å². The van der Waals surface area contributed by atoms with Crippen molar-refractivity contribution >= 4 is 14.0 Å². The number of alkyl halides is 6. The molecule has 0 saturated carbocycles. The van der Waals surface area contributed by atoms with E-state index in [1.54, 1.807) is 13.8 Å². The van der Waals surface area contributed by atoms with Crippen molar-refractivity contribution < 1.29 is 36.2 Å². The molecule has 1 aromatic rings. The summed E-state index contributed by atoms with van der Waals surface area (Å²) in [5.74, 6) is -1.22. The van der Waals surface area contributed by atoms with E-state index in [9.17, 15) is 36.2 Å². The SMILES string of the molecule is CC(C)(C(=O)O)[C@@H]1CCN([C@H](CCCC[Si](C)(C)C)CCC(F)(F)F)[C@H](c2ccc(C(F)(F)F)cc2)C1. The van der Waals surface area contributed by atoms with Gasteiger partial charge in [-0.3, -0.25) is 9.69 Å². The first-order valence-corrected chi connectivity index (χ1v) is 16.7. The van der Waals surface area contributed by atoms with Crippen LogP contribution in [0.15, 0.2) is 24.3 Å². The Labute approximate surface area is 217 Å². The Morgan fingerprint density at radius 2 is 1.62 bits per heavy atom. The van der Waals surface area contributed by atoms with Crippen molar-refractivity contribution in [1.82, 2.24) is 4.90 Å². The lowest BCUT2D eigenvalue weighted by atomic mass is 9.70. The average molecular weight is 554 g/mol. The third kappa shape index (κ3) is 9.60. The van der Waals surface area contributed by atoms with Crippen LogP contribution in [0, 0.1) is 11.3 Å². The lowest BCUT2D eigenvalue weighted by molar-refractivity contribution is -0.153. The molecule has 1 aliphatic heterocycles. The number of carbonyl (C=O) groups is 1. The van der Waals surface area contributed by atoms with E-state index < -0.39 is 49.8 Å². The molecule has 0 unspecified atom stereocenters. The fourth-order valence-electron chi connectivity index (χ4n) is 5.31. The molecule has 0 radical (unpaired) electrons. The Morgan fingerprint density at radius 3 is 2.11 bits per heavy atom. The second kappa shape index (κ2) is 12.1. The maximum Gasteiger partial charge on any atom is 0.416 e. The lowest BCUT2D eigenvalue weighted by Gasteiger charge is -2.47. The molecule has 212 valence electrons. The number of benzene rings is 1. The van der Waals surface area contributed by atoms with Crippen molar-refractivity contribution in [1.29, 1.82) is 0 Å². The smallest absolute Gasteiger partial charge is 0.416 e. The molecule has 1 heterocycles. The molecular formula is C27H41F6NO2Si. The van der Waals surface area contributed by atoms with Crippen LogP contribution in [0.4, 0.5) is 26.3 Å². The van der Waals surface area contributed by atoms with Crippen molar-refractivity contribution in [2.24, 2.45) is 11.3 Å². The predicted molar refractivity (Wildman–Crippen MR) is 136 cm³/mol. The number of carboxylic acid groups (broad SMARTS) is 1. The maximum absolute atomic E-state index is 13.2. The van der Waals surface area contributed by atoms with E-state index in [0.29, 0.717) is 31.4 Å².